The Morgan fingerprint density at radius 3 is 3.00 bits per heavy atom. The van der Waals surface area contributed by atoms with Crippen molar-refractivity contribution in [3.05, 3.63) is 36.5 Å². The summed E-state index contributed by atoms with van der Waals surface area (Å²) in [6.07, 6.45) is 9.13. The van der Waals surface area contributed by atoms with E-state index in [1.807, 2.05) is 23.2 Å². The molecule has 6 nitrogen and oxygen atoms in total. The average Bonchev–Trinajstić information content (AvgIpc) is 2.93. The lowest BCUT2D eigenvalue weighted by atomic mass is 10.2. The van der Waals surface area contributed by atoms with Gasteiger partial charge >= 0.3 is 0 Å². The van der Waals surface area contributed by atoms with Gasteiger partial charge in [0.15, 0.2) is 0 Å². The molecule has 0 radical (unpaired) electrons. The number of nitriles is 1. The third-order valence-corrected chi connectivity index (χ3v) is 2.74. The number of nitrogens with two attached hydrogens (primary N) is 1. The fourth-order valence-corrected chi connectivity index (χ4v) is 1.74. The molecule has 0 unspecified atom stereocenters. The Balaban J connectivity index is 1.72. The van der Waals surface area contributed by atoms with Crippen LogP contribution >= 0.6 is 0 Å². The first-order valence-corrected chi connectivity index (χ1v) is 6.15. The quantitative estimate of drug-likeness (QED) is 0.766. The molecule has 0 aliphatic heterocycles. The zero-order valence-corrected chi connectivity index (χ0v) is 10.6. The summed E-state index contributed by atoms with van der Waals surface area (Å²) in [7, 11) is 0. The van der Waals surface area contributed by atoms with Gasteiger partial charge in [0.1, 0.15) is 11.9 Å². The van der Waals surface area contributed by atoms with Gasteiger partial charge in [-0.15, -0.1) is 0 Å². The summed E-state index contributed by atoms with van der Waals surface area (Å²) in [6, 6.07) is 3.63. The summed E-state index contributed by atoms with van der Waals surface area (Å²) < 4.78 is 2.05. The smallest absolute Gasteiger partial charge is 0.149 e. The SMILES string of the molecule is N#Cc1cnc(NCCCCn2ccnc2)c(N)c1. The Morgan fingerprint density at radius 1 is 1.42 bits per heavy atom. The van der Waals surface area contributed by atoms with Crippen molar-refractivity contribution in [3.8, 4) is 6.07 Å². The molecule has 6 heteroatoms. The number of unbranched alkanes of at least 4 members (excludes halogenated alkanes) is 1. The van der Waals surface area contributed by atoms with E-state index < -0.39 is 0 Å². The molecule has 2 aromatic heterocycles. The topological polar surface area (TPSA) is 92.5 Å². The fourth-order valence-electron chi connectivity index (χ4n) is 1.74. The van der Waals surface area contributed by atoms with Crippen LogP contribution in [0.1, 0.15) is 18.4 Å². The van der Waals surface area contributed by atoms with Crippen LogP contribution in [-0.2, 0) is 6.54 Å². The van der Waals surface area contributed by atoms with E-state index in [4.69, 9.17) is 11.0 Å². The number of nitrogen functional groups attached to an aromatic ring is 1. The molecule has 0 saturated carbocycles. The number of aromatic nitrogens is 3. The molecule has 2 rings (SSSR count). The van der Waals surface area contributed by atoms with Gasteiger partial charge in [0.25, 0.3) is 0 Å². The van der Waals surface area contributed by atoms with Crippen LogP contribution in [0.3, 0.4) is 0 Å². The van der Waals surface area contributed by atoms with Crippen LogP contribution in [0.25, 0.3) is 0 Å². The van der Waals surface area contributed by atoms with Crippen molar-refractivity contribution >= 4 is 11.5 Å². The van der Waals surface area contributed by atoms with Crippen molar-refractivity contribution in [1.82, 2.24) is 14.5 Å². The minimum Gasteiger partial charge on any atom is -0.396 e. The summed E-state index contributed by atoms with van der Waals surface area (Å²) in [5.74, 6) is 0.640. The standard InChI is InChI=1S/C13H16N6/c14-8-11-7-12(15)13(18-9-11)17-3-1-2-5-19-6-4-16-10-19/h4,6-7,9-10H,1-3,5,15H2,(H,17,18). The summed E-state index contributed by atoms with van der Waals surface area (Å²) in [6.45, 7) is 1.76. The van der Waals surface area contributed by atoms with Crippen LogP contribution in [0.5, 0.6) is 0 Å². The summed E-state index contributed by atoms with van der Waals surface area (Å²) in [5, 5.41) is 11.9. The van der Waals surface area contributed by atoms with Crippen molar-refractivity contribution in [1.29, 1.82) is 5.26 Å². The predicted octanol–water partition coefficient (Wildman–Crippen LogP) is 1.62. The minimum absolute atomic E-state index is 0.475. The molecule has 2 aromatic rings. The van der Waals surface area contributed by atoms with E-state index in [1.54, 1.807) is 12.3 Å². The Kier molecular flexibility index (Phi) is 4.34. The van der Waals surface area contributed by atoms with Gasteiger partial charge in [0, 0.05) is 31.7 Å². The maximum Gasteiger partial charge on any atom is 0.149 e. The van der Waals surface area contributed by atoms with E-state index in [1.165, 1.54) is 6.20 Å². The van der Waals surface area contributed by atoms with Crippen molar-refractivity contribution in [3.63, 3.8) is 0 Å². The summed E-state index contributed by atoms with van der Waals surface area (Å²) in [5.41, 5.74) is 6.78. The van der Waals surface area contributed by atoms with Gasteiger partial charge < -0.3 is 15.6 Å². The van der Waals surface area contributed by atoms with Gasteiger partial charge in [-0.3, -0.25) is 0 Å². The van der Waals surface area contributed by atoms with Gasteiger partial charge in [0.2, 0.25) is 0 Å². The summed E-state index contributed by atoms with van der Waals surface area (Å²) in [4.78, 5) is 8.11. The Hall–Kier alpha value is -2.55. The second kappa shape index (κ2) is 6.40. The third kappa shape index (κ3) is 3.71. The third-order valence-electron chi connectivity index (χ3n) is 2.74. The molecule has 0 aliphatic rings. The molecule has 0 bridgehead atoms. The first kappa shape index (κ1) is 12.9. The fraction of sp³-hybridized carbons (Fsp3) is 0.308. The second-order valence-corrected chi connectivity index (χ2v) is 4.21. The lowest BCUT2D eigenvalue weighted by Gasteiger charge is -2.08. The second-order valence-electron chi connectivity index (χ2n) is 4.21. The molecule has 0 aromatic carbocycles. The van der Waals surface area contributed by atoms with E-state index >= 15 is 0 Å². The van der Waals surface area contributed by atoms with Gasteiger partial charge in [-0.2, -0.15) is 5.26 Å². The maximum absolute atomic E-state index is 8.72. The average molecular weight is 256 g/mol. The Bertz CT molecular complexity index is 555. The van der Waals surface area contributed by atoms with E-state index in [0.29, 0.717) is 17.1 Å². The van der Waals surface area contributed by atoms with E-state index in [-0.39, 0.29) is 0 Å². The highest BCUT2D eigenvalue weighted by Crippen LogP contribution is 2.15. The molecule has 3 N–H and O–H groups in total. The normalized spacial score (nSPS) is 10.1. The van der Waals surface area contributed by atoms with Crippen LogP contribution in [0.15, 0.2) is 31.0 Å². The zero-order valence-electron chi connectivity index (χ0n) is 10.6. The van der Waals surface area contributed by atoms with Crippen molar-refractivity contribution < 1.29 is 0 Å². The highest BCUT2D eigenvalue weighted by atomic mass is 15.0. The molecule has 0 fully saturated rings. The molecular formula is C13H16N6. The Morgan fingerprint density at radius 2 is 2.32 bits per heavy atom. The van der Waals surface area contributed by atoms with Crippen LogP contribution in [0.4, 0.5) is 11.5 Å². The monoisotopic (exact) mass is 256 g/mol. The van der Waals surface area contributed by atoms with Crippen molar-refractivity contribution in [2.24, 2.45) is 0 Å². The number of hydrogen-bond donors (Lipinski definition) is 2. The van der Waals surface area contributed by atoms with E-state index in [2.05, 4.69) is 15.3 Å². The van der Waals surface area contributed by atoms with Gasteiger partial charge in [0.05, 0.1) is 17.6 Å². The highest BCUT2D eigenvalue weighted by molar-refractivity contribution is 5.62. The van der Waals surface area contributed by atoms with Crippen LogP contribution in [-0.4, -0.2) is 21.1 Å². The summed E-state index contributed by atoms with van der Waals surface area (Å²) >= 11 is 0. The molecule has 0 saturated heterocycles. The molecule has 19 heavy (non-hydrogen) atoms. The molecule has 0 atom stereocenters. The lowest BCUT2D eigenvalue weighted by Crippen LogP contribution is -2.07. The number of rotatable bonds is 6. The van der Waals surface area contributed by atoms with Crippen molar-refractivity contribution in [2.45, 2.75) is 19.4 Å². The lowest BCUT2D eigenvalue weighted by molar-refractivity contribution is 0.621. The number of anilines is 2. The zero-order chi connectivity index (χ0) is 13.5. The number of imidazole rings is 1. The number of hydrogen-bond acceptors (Lipinski definition) is 5. The molecule has 2 heterocycles. The van der Waals surface area contributed by atoms with Gasteiger partial charge in [-0.1, -0.05) is 0 Å². The van der Waals surface area contributed by atoms with Crippen molar-refractivity contribution in [2.75, 3.05) is 17.6 Å². The first-order valence-electron chi connectivity index (χ1n) is 6.15. The first-order chi connectivity index (χ1) is 9.29. The largest absolute Gasteiger partial charge is 0.396 e. The molecule has 0 aliphatic carbocycles. The Labute approximate surface area is 111 Å². The van der Waals surface area contributed by atoms with Gasteiger partial charge in [-0.25, -0.2) is 9.97 Å². The molecule has 0 amide bonds. The number of nitrogens with one attached hydrogen (secondary N) is 1. The van der Waals surface area contributed by atoms with Crippen LogP contribution < -0.4 is 11.1 Å². The highest BCUT2D eigenvalue weighted by Gasteiger charge is 2.01. The maximum atomic E-state index is 8.72. The minimum atomic E-state index is 0.475. The molecule has 0 spiro atoms. The van der Waals surface area contributed by atoms with Gasteiger partial charge in [-0.05, 0) is 18.9 Å². The molecular weight excluding hydrogens is 240 g/mol. The number of pyridine rings is 1. The number of aryl methyl sites for hydroxylation is 1. The molecule has 98 valence electrons. The van der Waals surface area contributed by atoms with E-state index in [9.17, 15) is 0 Å². The number of nitrogens with zero attached hydrogens (tertiary/aromatic N) is 4. The predicted molar refractivity (Wildman–Crippen MR) is 73.3 cm³/mol. The van der Waals surface area contributed by atoms with Crippen LogP contribution in [0, 0.1) is 11.3 Å². The van der Waals surface area contributed by atoms with Crippen LogP contribution in [0.2, 0.25) is 0 Å². The van der Waals surface area contributed by atoms with E-state index in [0.717, 1.165) is 25.9 Å².